The number of aryl methyl sites for hydroxylation is 1. The first-order valence-corrected chi connectivity index (χ1v) is 9.23. The molecule has 0 aliphatic carbocycles. The van der Waals surface area contributed by atoms with Crippen LogP contribution in [0.3, 0.4) is 0 Å². The molecule has 0 spiro atoms. The number of rotatable bonds is 4. The molecule has 0 bridgehead atoms. The summed E-state index contributed by atoms with van der Waals surface area (Å²) in [4.78, 5) is 14.8. The predicted octanol–water partition coefficient (Wildman–Crippen LogP) is 5.28. The average Bonchev–Trinajstić information content (AvgIpc) is 3.16. The zero-order chi connectivity index (χ0) is 17.9. The normalized spacial score (nSPS) is 17.0. The van der Waals surface area contributed by atoms with E-state index in [0.717, 1.165) is 31.4 Å². The Hall–Kier alpha value is -2.68. The number of carbonyl (C=O) groups excluding carboxylic acids is 1. The molecule has 4 rings (SSSR count). The first-order chi connectivity index (χ1) is 12.7. The molecule has 1 aliphatic rings. The first-order valence-electron chi connectivity index (χ1n) is 9.23. The van der Waals surface area contributed by atoms with E-state index in [1.807, 2.05) is 17.0 Å². The van der Waals surface area contributed by atoms with E-state index in [0.29, 0.717) is 6.42 Å². The zero-order valence-corrected chi connectivity index (χ0v) is 14.7. The van der Waals surface area contributed by atoms with Gasteiger partial charge in [0.25, 0.3) is 0 Å². The Morgan fingerprint density at radius 3 is 2.58 bits per heavy atom. The fourth-order valence-electron chi connectivity index (χ4n) is 3.89. The smallest absolute Gasteiger partial charge is 0.223 e. The molecule has 0 saturated carbocycles. The van der Waals surface area contributed by atoms with Gasteiger partial charge < -0.3 is 4.90 Å². The molecule has 0 radical (unpaired) electrons. The van der Waals surface area contributed by atoms with Crippen LogP contribution >= 0.6 is 0 Å². The van der Waals surface area contributed by atoms with Crippen LogP contribution in [0.1, 0.15) is 36.4 Å². The quantitative estimate of drug-likeness (QED) is 0.629. The summed E-state index contributed by atoms with van der Waals surface area (Å²) in [5.74, 6) is -0.0501. The van der Waals surface area contributed by atoms with Crippen LogP contribution < -0.4 is 0 Å². The third-order valence-corrected chi connectivity index (χ3v) is 5.27. The first kappa shape index (κ1) is 16.8. The number of carbonyl (C=O) groups is 1. The molecule has 132 valence electrons. The number of amides is 1. The van der Waals surface area contributed by atoms with Crippen LogP contribution in [0.2, 0.25) is 0 Å². The van der Waals surface area contributed by atoms with E-state index in [1.54, 1.807) is 12.1 Å². The number of halogens is 1. The van der Waals surface area contributed by atoms with Crippen molar-refractivity contribution < 1.29 is 9.18 Å². The summed E-state index contributed by atoms with van der Waals surface area (Å²) in [6.45, 7) is 0.790. The van der Waals surface area contributed by atoms with Crippen LogP contribution in [0.15, 0.2) is 66.7 Å². The van der Waals surface area contributed by atoms with E-state index < -0.39 is 0 Å². The van der Waals surface area contributed by atoms with Crippen molar-refractivity contribution in [3.8, 4) is 0 Å². The summed E-state index contributed by atoms with van der Waals surface area (Å²) in [5, 5.41) is 2.43. The van der Waals surface area contributed by atoms with Gasteiger partial charge in [-0.1, -0.05) is 54.6 Å². The van der Waals surface area contributed by atoms with Gasteiger partial charge in [0.05, 0.1) is 6.04 Å². The molecular weight excluding hydrogens is 325 g/mol. The van der Waals surface area contributed by atoms with Crippen LogP contribution in [0.25, 0.3) is 10.8 Å². The third kappa shape index (κ3) is 3.48. The van der Waals surface area contributed by atoms with Crippen molar-refractivity contribution in [1.82, 2.24) is 4.90 Å². The van der Waals surface area contributed by atoms with Gasteiger partial charge in [0.2, 0.25) is 5.91 Å². The Morgan fingerprint density at radius 2 is 1.77 bits per heavy atom. The van der Waals surface area contributed by atoms with Crippen LogP contribution in [0.5, 0.6) is 0 Å². The van der Waals surface area contributed by atoms with Gasteiger partial charge in [0.15, 0.2) is 0 Å². The predicted molar refractivity (Wildman–Crippen MR) is 102 cm³/mol. The van der Waals surface area contributed by atoms with Crippen LogP contribution in [-0.4, -0.2) is 17.4 Å². The lowest BCUT2D eigenvalue weighted by Crippen LogP contribution is -2.30. The largest absolute Gasteiger partial charge is 0.336 e. The minimum atomic E-state index is -0.235. The topological polar surface area (TPSA) is 20.3 Å². The highest BCUT2D eigenvalue weighted by molar-refractivity contribution is 5.83. The summed E-state index contributed by atoms with van der Waals surface area (Å²) >= 11 is 0. The fraction of sp³-hybridized carbons (Fsp3) is 0.261. The van der Waals surface area contributed by atoms with Crippen molar-refractivity contribution in [2.75, 3.05) is 6.54 Å². The van der Waals surface area contributed by atoms with Crippen molar-refractivity contribution in [3.05, 3.63) is 83.7 Å². The van der Waals surface area contributed by atoms with Crippen molar-refractivity contribution in [2.45, 2.75) is 31.7 Å². The number of hydrogen-bond donors (Lipinski definition) is 0. The highest BCUT2D eigenvalue weighted by atomic mass is 19.1. The monoisotopic (exact) mass is 347 g/mol. The highest BCUT2D eigenvalue weighted by Gasteiger charge is 2.29. The second-order valence-corrected chi connectivity index (χ2v) is 6.98. The highest BCUT2D eigenvalue weighted by Crippen LogP contribution is 2.32. The average molecular weight is 347 g/mol. The lowest BCUT2D eigenvalue weighted by Gasteiger charge is -2.25. The Kier molecular flexibility index (Phi) is 4.70. The van der Waals surface area contributed by atoms with Gasteiger partial charge in [-0.2, -0.15) is 0 Å². The molecule has 0 unspecified atom stereocenters. The second kappa shape index (κ2) is 7.28. The lowest BCUT2D eigenvalue weighted by molar-refractivity contribution is -0.132. The summed E-state index contributed by atoms with van der Waals surface area (Å²) in [6, 6.07) is 21.3. The van der Waals surface area contributed by atoms with Gasteiger partial charge in [-0.05, 0) is 53.3 Å². The van der Waals surface area contributed by atoms with Crippen molar-refractivity contribution in [2.24, 2.45) is 0 Å². The Balaban J connectivity index is 1.44. The zero-order valence-electron chi connectivity index (χ0n) is 14.7. The molecule has 1 heterocycles. The Labute approximate surface area is 153 Å². The molecule has 1 aliphatic heterocycles. The number of likely N-dealkylation sites (tertiary alicyclic amines) is 1. The number of benzene rings is 3. The van der Waals surface area contributed by atoms with E-state index in [2.05, 4.69) is 30.3 Å². The minimum Gasteiger partial charge on any atom is -0.336 e. The third-order valence-electron chi connectivity index (χ3n) is 5.27. The minimum absolute atomic E-state index is 0.0831. The van der Waals surface area contributed by atoms with Crippen LogP contribution in [-0.2, 0) is 11.2 Å². The Morgan fingerprint density at radius 1 is 1.00 bits per heavy atom. The molecule has 1 atom stereocenters. The van der Waals surface area contributed by atoms with E-state index in [1.165, 1.54) is 28.5 Å². The van der Waals surface area contributed by atoms with Gasteiger partial charge in [-0.3, -0.25) is 4.79 Å². The molecule has 3 aromatic carbocycles. The molecular formula is C23H22FNO. The number of hydrogen-bond acceptors (Lipinski definition) is 1. The van der Waals surface area contributed by atoms with Gasteiger partial charge in [0, 0.05) is 13.0 Å². The molecule has 0 aromatic heterocycles. The summed E-state index contributed by atoms with van der Waals surface area (Å²) in [5.41, 5.74) is 2.22. The summed E-state index contributed by atoms with van der Waals surface area (Å²) in [7, 11) is 0. The van der Waals surface area contributed by atoms with Crippen LogP contribution in [0, 0.1) is 5.82 Å². The Bertz CT molecular complexity index is 919. The second-order valence-electron chi connectivity index (χ2n) is 6.98. The van der Waals surface area contributed by atoms with Crippen molar-refractivity contribution in [3.63, 3.8) is 0 Å². The molecule has 3 heteroatoms. The van der Waals surface area contributed by atoms with E-state index in [-0.39, 0.29) is 17.8 Å². The van der Waals surface area contributed by atoms with E-state index >= 15 is 0 Å². The lowest BCUT2D eigenvalue weighted by atomic mass is 10.0. The van der Waals surface area contributed by atoms with E-state index in [4.69, 9.17) is 0 Å². The fourth-order valence-corrected chi connectivity index (χ4v) is 3.89. The molecule has 3 aromatic rings. The molecule has 26 heavy (non-hydrogen) atoms. The van der Waals surface area contributed by atoms with Gasteiger partial charge in [-0.15, -0.1) is 0 Å². The van der Waals surface area contributed by atoms with Gasteiger partial charge >= 0.3 is 0 Å². The molecule has 2 nitrogen and oxygen atoms in total. The van der Waals surface area contributed by atoms with Crippen molar-refractivity contribution >= 4 is 16.7 Å². The summed E-state index contributed by atoms with van der Waals surface area (Å²) in [6.07, 6.45) is 3.21. The molecule has 0 N–H and O–H groups in total. The standard InChI is InChI=1S/C23H22FNO/c24-21-12-10-19(11-13-21)22-6-3-15-25(22)23(26)14-8-17-7-9-18-4-1-2-5-20(18)16-17/h1-2,4-5,7,9-13,16,22H,3,6,8,14-15H2/t22-/m1/s1. The van der Waals surface area contributed by atoms with Crippen molar-refractivity contribution in [1.29, 1.82) is 0 Å². The van der Waals surface area contributed by atoms with Gasteiger partial charge in [-0.25, -0.2) is 4.39 Å². The molecule has 1 amide bonds. The van der Waals surface area contributed by atoms with Gasteiger partial charge in [0.1, 0.15) is 5.82 Å². The maximum atomic E-state index is 13.2. The molecule has 1 saturated heterocycles. The maximum absolute atomic E-state index is 13.2. The van der Waals surface area contributed by atoms with Crippen LogP contribution in [0.4, 0.5) is 4.39 Å². The summed E-state index contributed by atoms with van der Waals surface area (Å²) < 4.78 is 13.2. The number of nitrogens with zero attached hydrogens (tertiary/aromatic N) is 1. The number of fused-ring (bicyclic) bond motifs is 1. The molecule has 1 fully saturated rings. The van der Waals surface area contributed by atoms with E-state index in [9.17, 15) is 9.18 Å². The maximum Gasteiger partial charge on any atom is 0.223 e. The SMILES string of the molecule is O=C(CCc1ccc2ccccc2c1)N1CCC[C@@H]1c1ccc(F)cc1.